The molecule has 1 aromatic heterocycles. The zero-order chi connectivity index (χ0) is 21.3. The van der Waals surface area contributed by atoms with Crippen molar-refractivity contribution in [3.63, 3.8) is 0 Å². The van der Waals surface area contributed by atoms with E-state index in [1.807, 2.05) is 4.90 Å². The summed E-state index contributed by atoms with van der Waals surface area (Å²) in [7, 11) is 0. The number of carbonyl (C=O) groups is 2. The first-order valence-electron chi connectivity index (χ1n) is 9.44. The summed E-state index contributed by atoms with van der Waals surface area (Å²) >= 11 is 0. The number of amides is 3. The summed E-state index contributed by atoms with van der Waals surface area (Å²) in [6.45, 7) is 2.44. The predicted octanol–water partition coefficient (Wildman–Crippen LogP) is 1.99. The molecule has 1 N–H and O–H groups in total. The van der Waals surface area contributed by atoms with E-state index in [2.05, 4.69) is 15.5 Å². The normalized spacial score (nSPS) is 17.3. The van der Waals surface area contributed by atoms with E-state index < -0.39 is 17.6 Å². The second-order valence-electron chi connectivity index (χ2n) is 6.96. The highest BCUT2D eigenvalue weighted by Gasteiger charge is 2.36. The number of anilines is 2. The molecule has 2 aliphatic heterocycles. The van der Waals surface area contributed by atoms with Crippen LogP contribution in [0, 0.1) is 0 Å². The van der Waals surface area contributed by atoms with E-state index in [0.717, 1.165) is 6.07 Å². The van der Waals surface area contributed by atoms with Crippen molar-refractivity contribution >= 4 is 23.6 Å². The van der Waals surface area contributed by atoms with Gasteiger partial charge in [-0.1, -0.05) is 12.1 Å². The van der Waals surface area contributed by atoms with Gasteiger partial charge in [-0.05, 0) is 24.3 Å². The molecule has 158 valence electrons. The molecule has 0 atom stereocenters. The minimum absolute atomic E-state index is 0.219. The van der Waals surface area contributed by atoms with Gasteiger partial charge in [0, 0.05) is 39.3 Å². The Morgan fingerprint density at radius 2 is 1.60 bits per heavy atom. The summed E-state index contributed by atoms with van der Waals surface area (Å²) in [6.07, 6.45) is -4.59. The molecule has 0 spiro atoms. The largest absolute Gasteiger partial charge is 0.417 e. The zero-order valence-electron chi connectivity index (χ0n) is 15.9. The first-order valence-corrected chi connectivity index (χ1v) is 9.44. The summed E-state index contributed by atoms with van der Waals surface area (Å²) in [5, 5.41) is 10.9. The van der Waals surface area contributed by atoms with Crippen molar-refractivity contribution in [2.45, 2.75) is 6.18 Å². The topological polar surface area (TPSA) is 81.7 Å². The van der Waals surface area contributed by atoms with Crippen LogP contribution in [0.15, 0.2) is 36.4 Å². The number of alkyl halides is 3. The molecule has 2 aliphatic rings. The molecule has 0 bridgehead atoms. The Kier molecular flexibility index (Phi) is 5.18. The van der Waals surface area contributed by atoms with Crippen molar-refractivity contribution in [2.75, 3.05) is 49.1 Å². The van der Waals surface area contributed by atoms with Crippen LogP contribution in [0.3, 0.4) is 0 Å². The maximum atomic E-state index is 13.2. The highest BCUT2D eigenvalue weighted by Crippen LogP contribution is 2.32. The fraction of sp³-hybridized carbons (Fsp3) is 0.368. The number of hydrogen-bond acceptors (Lipinski definition) is 5. The first kappa shape index (κ1) is 19.9. The van der Waals surface area contributed by atoms with E-state index in [4.69, 9.17) is 0 Å². The van der Waals surface area contributed by atoms with Crippen LogP contribution in [-0.4, -0.2) is 66.3 Å². The fourth-order valence-electron chi connectivity index (χ4n) is 3.55. The Bertz CT molecular complexity index is 942. The molecule has 2 fully saturated rings. The van der Waals surface area contributed by atoms with Crippen molar-refractivity contribution in [2.24, 2.45) is 0 Å². The standard InChI is InChI=1S/C19H19F3N6O2/c20-19(21,22)14-4-2-1-3-13(14)17(29)27-11-9-26(10-12-27)15-5-6-16(25-24-15)28-8-7-23-18(28)30/h1-6H,7-12H2,(H,23,30). The molecule has 4 rings (SSSR count). The van der Waals surface area contributed by atoms with Crippen LogP contribution < -0.4 is 15.1 Å². The third-order valence-corrected chi connectivity index (χ3v) is 5.12. The quantitative estimate of drug-likeness (QED) is 0.822. The molecular weight excluding hydrogens is 401 g/mol. The number of rotatable bonds is 3. The van der Waals surface area contributed by atoms with Crippen LogP contribution >= 0.6 is 0 Å². The number of benzene rings is 1. The van der Waals surface area contributed by atoms with Crippen LogP contribution in [-0.2, 0) is 6.18 Å². The molecule has 2 aromatic rings. The monoisotopic (exact) mass is 420 g/mol. The molecule has 8 nitrogen and oxygen atoms in total. The van der Waals surface area contributed by atoms with E-state index in [9.17, 15) is 22.8 Å². The van der Waals surface area contributed by atoms with E-state index in [1.54, 1.807) is 12.1 Å². The maximum Gasteiger partial charge on any atom is 0.417 e. The average molecular weight is 420 g/mol. The number of carbonyl (C=O) groups excluding carboxylic acids is 2. The molecule has 2 saturated heterocycles. The summed E-state index contributed by atoms with van der Waals surface area (Å²) in [5.41, 5.74) is -1.27. The summed E-state index contributed by atoms with van der Waals surface area (Å²) in [5.74, 6) is 0.400. The molecule has 0 unspecified atom stereocenters. The predicted molar refractivity (Wildman–Crippen MR) is 102 cm³/mol. The van der Waals surface area contributed by atoms with Gasteiger partial charge in [0.05, 0.1) is 11.1 Å². The van der Waals surface area contributed by atoms with Crippen molar-refractivity contribution in [3.05, 3.63) is 47.5 Å². The van der Waals surface area contributed by atoms with Gasteiger partial charge >= 0.3 is 12.2 Å². The Morgan fingerprint density at radius 1 is 0.933 bits per heavy atom. The van der Waals surface area contributed by atoms with Gasteiger partial charge in [-0.2, -0.15) is 13.2 Å². The maximum absolute atomic E-state index is 13.2. The lowest BCUT2D eigenvalue weighted by Crippen LogP contribution is -2.49. The van der Waals surface area contributed by atoms with E-state index >= 15 is 0 Å². The van der Waals surface area contributed by atoms with Crippen LogP contribution in [0.4, 0.5) is 29.6 Å². The van der Waals surface area contributed by atoms with Gasteiger partial charge in [-0.3, -0.25) is 9.69 Å². The minimum Gasteiger partial charge on any atom is -0.352 e. The number of hydrogen-bond donors (Lipinski definition) is 1. The Balaban J connectivity index is 1.41. The number of nitrogens with one attached hydrogen (secondary N) is 1. The number of urea groups is 1. The van der Waals surface area contributed by atoms with Crippen LogP contribution in [0.2, 0.25) is 0 Å². The van der Waals surface area contributed by atoms with Gasteiger partial charge in [0.1, 0.15) is 0 Å². The van der Waals surface area contributed by atoms with E-state index in [-0.39, 0.29) is 24.7 Å². The number of halogens is 3. The lowest BCUT2D eigenvalue weighted by atomic mass is 10.1. The zero-order valence-corrected chi connectivity index (χ0v) is 15.9. The molecular formula is C19H19F3N6O2. The van der Waals surface area contributed by atoms with E-state index in [1.165, 1.54) is 28.0 Å². The SMILES string of the molecule is O=C(c1ccccc1C(F)(F)F)N1CCN(c2ccc(N3CCNC3=O)nn2)CC1. The third-order valence-electron chi connectivity index (χ3n) is 5.12. The van der Waals surface area contributed by atoms with E-state index in [0.29, 0.717) is 37.8 Å². The van der Waals surface area contributed by atoms with Crippen molar-refractivity contribution in [1.82, 2.24) is 20.4 Å². The van der Waals surface area contributed by atoms with Gasteiger partial charge in [-0.25, -0.2) is 4.79 Å². The molecule has 0 radical (unpaired) electrons. The highest BCUT2D eigenvalue weighted by atomic mass is 19.4. The van der Waals surface area contributed by atoms with Gasteiger partial charge in [0.25, 0.3) is 5.91 Å². The van der Waals surface area contributed by atoms with Gasteiger partial charge in [0.2, 0.25) is 0 Å². The lowest BCUT2D eigenvalue weighted by Gasteiger charge is -2.35. The molecule has 0 saturated carbocycles. The molecule has 0 aliphatic carbocycles. The Hall–Kier alpha value is -3.37. The first-order chi connectivity index (χ1) is 14.3. The molecule has 3 amide bonds. The van der Waals surface area contributed by atoms with Crippen LogP contribution in [0.25, 0.3) is 0 Å². The highest BCUT2D eigenvalue weighted by molar-refractivity contribution is 5.96. The van der Waals surface area contributed by atoms with Crippen molar-refractivity contribution < 1.29 is 22.8 Å². The Labute approximate surface area is 170 Å². The molecule has 11 heteroatoms. The van der Waals surface area contributed by atoms with Gasteiger partial charge < -0.3 is 15.1 Å². The van der Waals surface area contributed by atoms with Crippen molar-refractivity contribution in [1.29, 1.82) is 0 Å². The number of nitrogens with zero attached hydrogens (tertiary/aromatic N) is 5. The third kappa shape index (κ3) is 3.87. The number of piperazine rings is 1. The van der Waals surface area contributed by atoms with Gasteiger partial charge in [-0.15, -0.1) is 10.2 Å². The molecule has 1 aromatic carbocycles. The number of aromatic nitrogens is 2. The second kappa shape index (κ2) is 7.81. The summed E-state index contributed by atoms with van der Waals surface area (Å²) < 4.78 is 39.6. The van der Waals surface area contributed by atoms with Crippen LogP contribution in [0.1, 0.15) is 15.9 Å². The molecule has 3 heterocycles. The summed E-state index contributed by atoms with van der Waals surface area (Å²) in [4.78, 5) is 29.2. The lowest BCUT2D eigenvalue weighted by molar-refractivity contribution is -0.138. The minimum atomic E-state index is -4.59. The summed E-state index contributed by atoms with van der Waals surface area (Å²) in [6, 6.07) is 8.04. The molecule has 30 heavy (non-hydrogen) atoms. The Morgan fingerprint density at radius 3 is 2.20 bits per heavy atom. The van der Waals surface area contributed by atoms with Gasteiger partial charge in [0.15, 0.2) is 11.6 Å². The average Bonchev–Trinajstić information content (AvgIpc) is 3.19. The smallest absolute Gasteiger partial charge is 0.352 e. The van der Waals surface area contributed by atoms with Crippen LogP contribution in [0.5, 0.6) is 0 Å². The van der Waals surface area contributed by atoms with Crippen molar-refractivity contribution in [3.8, 4) is 0 Å². The fourth-order valence-corrected chi connectivity index (χ4v) is 3.55. The second-order valence-corrected chi connectivity index (χ2v) is 6.96.